The third-order valence-corrected chi connectivity index (χ3v) is 5.68. The van der Waals surface area contributed by atoms with Gasteiger partial charge in [0.1, 0.15) is 5.52 Å². The van der Waals surface area contributed by atoms with E-state index in [9.17, 15) is 9.59 Å². The summed E-state index contributed by atoms with van der Waals surface area (Å²) in [4.78, 5) is 36.5. The maximum Gasteiger partial charge on any atom is 0.261 e. The summed E-state index contributed by atoms with van der Waals surface area (Å²) in [6.45, 7) is 0.719. The minimum atomic E-state index is -0.243. The van der Waals surface area contributed by atoms with Crippen LogP contribution in [0.2, 0.25) is 0 Å². The van der Waals surface area contributed by atoms with Crippen LogP contribution in [0.5, 0.6) is 0 Å². The second kappa shape index (κ2) is 6.22. The maximum atomic E-state index is 12.7. The van der Waals surface area contributed by atoms with Gasteiger partial charge in [-0.3, -0.25) is 14.5 Å². The Morgan fingerprint density at radius 1 is 0.667 bits per heavy atom. The van der Waals surface area contributed by atoms with E-state index in [1.54, 1.807) is 24.3 Å². The third-order valence-electron chi connectivity index (χ3n) is 5.68. The number of hydrogen-bond acceptors (Lipinski definition) is 4. The molecular formula is C24H16N4O2. The molecule has 6 nitrogen and oxygen atoms in total. The molecule has 0 atom stereocenters. The van der Waals surface area contributed by atoms with Crippen LogP contribution in [0.15, 0.2) is 72.8 Å². The zero-order valence-corrected chi connectivity index (χ0v) is 15.9. The van der Waals surface area contributed by atoms with E-state index in [4.69, 9.17) is 9.97 Å². The fourth-order valence-corrected chi connectivity index (χ4v) is 4.25. The van der Waals surface area contributed by atoms with E-state index in [2.05, 4.69) is 0 Å². The molecule has 0 radical (unpaired) electrons. The molecule has 0 aliphatic carbocycles. The summed E-state index contributed by atoms with van der Waals surface area (Å²) in [6, 6.07) is 22.7. The Morgan fingerprint density at radius 3 is 2.00 bits per heavy atom. The van der Waals surface area contributed by atoms with Gasteiger partial charge in [-0.1, -0.05) is 42.5 Å². The molecule has 3 aromatic carbocycles. The molecule has 0 saturated heterocycles. The Bertz CT molecular complexity index is 1470. The fraction of sp³-hybridized carbons (Fsp3) is 0.0833. The van der Waals surface area contributed by atoms with Crippen molar-refractivity contribution in [3.8, 4) is 0 Å². The van der Waals surface area contributed by atoms with Crippen molar-refractivity contribution in [2.45, 2.75) is 6.54 Å². The quantitative estimate of drug-likeness (QED) is 0.435. The van der Waals surface area contributed by atoms with Crippen molar-refractivity contribution in [1.82, 2.24) is 19.4 Å². The number of imide groups is 1. The van der Waals surface area contributed by atoms with Crippen LogP contribution in [0.1, 0.15) is 20.7 Å². The van der Waals surface area contributed by atoms with Crippen LogP contribution in [-0.4, -0.2) is 37.8 Å². The molecule has 2 aromatic heterocycles. The monoisotopic (exact) mass is 392 g/mol. The van der Waals surface area contributed by atoms with Gasteiger partial charge in [0.25, 0.3) is 11.8 Å². The first kappa shape index (κ1) is 16.9. The van der Waals surface area contributed by atoms with Gasteiger partial charge < -0.3 is 4.57 Å². The lowest BCUT2D eigenvalue weighted by atomic mass is 10.1. The van der Waals surface area contributed by atoms with Crippen LogP contribution in [-0.2, 0) is 6.54 Å². The van der Waals surface area contributed by atoms with Crippen molar-refractivity contribution in [2.24, 2.45) is 0 Å². The minimum absolute atomic E-state index is 0.243. The van der Waals surface area contributed by atoms with Crippen LogP contribution in [0, 0.1) is 0 Å². The summed E-state index contributed by atoms with van der Waals surface area (Å²) in [5, 5.41) is 1.01. The molecule has 6 rings (SSSR count). The van der Waals surface area contributed by atoms with Gasteiger partial charge in [-0.2, -0.15) is 0 Å². The Morgan fingerprint density at radius 2 is 1.27 bits per heavy atom. The first-order valence-corrected chi connectivity index (χ1v) is 9.81. The Kier molecular flexibility index (Phi) is 3.49. The summed E-state index contributed by atoms with van der Waals surface area (Å²) in [5.41, 5.74) is 5.16. The summed E-state index contributed by atoms with van der Waals surface area (Å²) in [7, 11) is 0. The maximum absolute atomic E-state index is 12.7. The number of carbonyl (C=O) groups excluding carboxylic acids is 2. The molecule has 0 bridgehead atoms. The highest BCUT2D eigenvalue weighted by Crippen LogP contribution is 2.29. The van der Waals surface area contributed by atoms with Gasteiger partial charge in [-0.05, 0) is 30.3 Å². The topological polar surface area (TPSA) is 68.1 Å². The number of para-hydroxylation sites is 3. The number of amides is 2. The van der Waals surface area contributed by atoms with E-state index in [0.717, 1.165) is 33.1 Å². The summed E-state index contributed by atoms with van der Waals surface area (Å²) >= 11 is 0. The van der Waals surface area contributed by atoms with Crippen LogP contribution in [0.25, 0.3) is 33.1 Å². The van der Waals surface area contributed by atoms with Crippen molar-refractivity contribution in [1.29, 1.82) is 0 Å². The lowest BCUT2D eigenvalue weighted by Crippen LogP contribution is -2.32. The van der Waals surface area contributed by atoms with E-state index < -0.39 is 0 Å². The van der Waals surface area contributed by atoms with Crippen molar-refractivity contribution in [3.63, 3.8) is 0 Å². The first-order valence-electron chi connectivity index (χ1n) is 9.81. The lowest BCUT2D eigenvalue weighted by molar-refractivity contribution is 0.0650. The smallest absolute Gasteiger partial charge is 0.261 e. The predicted molar refractivity (Wildman–Crippen MR) is 114 cm³/mol. The average Bonchev–Trinajstić information content (AvgIpc) is 3.22. The number of hydrogen-bond donors (Lipinski definition) is 0. The average molecular weight is 392 g/mol. The summed E-state index contributed by atoms with van der Waals surface area (Å²) in [5.74, 6) is -0.485. The Labute approximate surface area is 171 Å². The lowest BCUT2D eigenvalue weighted by Gasteiger charge is -2.15. The summed E-state index contributed by atoms with van der Waals surface area (Å²) in [6.07, 6.45) is 0. The minimum Gasteiger partial charge on any atom is -0.322 e. The molecule has 0 saturated carbocycles. The van der Waals surface area contributed by atoms with Crippen molar-refractivity contribution in [2.75, 3.05) is 6.54 Å². The Balaban J connectivity index is 1.46. The molecule has 0 spiro atoms. The largest absolute Gasteiger partial charge is 0.322 e. The number of fused-ring (bicyclic) bond motifs is 5. The van der Waals surface area contributed by atoms with Gasteiger partial charge in [0.2, 0.25) is 0 Å². The van der Waals surface area contributed by atoms with E-state index in [0.29, 0.717) is 17.7 Å². The second-order valence-corrected chi connectivity index (χ2v) is 7.36. The number of benzene rings is 3. The predicted octanol–water partition coefficient (Wildman–Crippen LogP) is 4.03. The molecule has 0 fully saturated rings. The van der Waals surface area contributed by atoms with Crippen molar-refractivity contribution in [3.05, 3.63) is 83.9 Å². The van der Waals surface area contributed by atoms with Gasteiger partial charge in [-0.25, -0.2) is 9.97 Å². The molecule has 3 heterocycles. The van der Waals surface area contributed by atoms with Crippen molar-refractivity contribution < 1.29 is 9.59 Å². The van der Waals surface area contributed by atoms with Gasteiger partial charge in [0.05, 0.1) is 27.7 Å². The number of carbonyl (C=O) groups is 2. The molecule has 6 heteroatoms. The van der Waals surface area contributed by atoms with Gasteiger partial charge >= 0.3 is 0 Å². The zero-order chi connectivity index (χ0) is 20.2. The van der Waals surface area contributed by atoms with Gasteiger partial charge in [-0.15, -0.1) is 0 Å². The molecule has 144 valence electrons. The number of nitrogens with zero attached hydrogens (tertiary/aromatic N) is 4. The Hall–Kier alpha value is -4.06. The highest BCUT2D eigenvalue weighted by Gasteiger charge is 2.34. The van der Waals surface area contributed by atoms with Crippen LogP contribution >= 0.6 is 0 Å². The van der Waals surface area contributed by atoms with E-state index in [-0.39, 0.29) is 18.4 Å². The number of aromatic nitrogens is 3. The molecule has 0 unspecified atom stereocenters. The highest BCUT2D eigenvalue weighted by molar-refractivity contribution is 6.21. The molecule has 1 aliphatic heterocycles. The molecule has 0 N–H and O–H groups in total. The zero-order valence-electron chi connectivity index (χ0n) is 15.9. The third kappa shape index (κ3) is 2.30. The standard InChI is InChI=1S/C24H16N4O2/c29-23-15-7-1-2-8-16(15)24(30)28(23)14-13-27-20-12-6-3-9-17(20)21-22(27)26-19-11-5-4-10-18(19)25-21/h1-12H,13-14H2. The number of rotatable bonds is 3. The second-order valence-electron chi connectivity index (χ2n) is 7.36. The van der Waals surface area contributed by atoms with E-state index in [1.807, 2.05) is 53.1 Å². The molecule has 5 aromatic rings. The van der Waals surface area contributed by atoms with Crippen LogP contribution in [0.3, 0.4) is 0 Å². The van der Waals surface area contributed by atoms with Crippen molar-refractivity contribution >= 4 is 44.9 Å². The highest BCUT2D eigenvalue weighted by atomic mass is 16.2. The van der Waals surface area contributed by atoms with Gasteiger partial charge in [0.15, 0.2) is 5.65 Å². The van der Waals surface area contributed by atoms with E-state index >= 15 is 0 Å². The molecule has 1 aliphatic rings. The summed E-state index contributed by atoms with van der Waals surface area (Å²) < 4.78 is 2.05. The normalized spacial score (nSPS) is 13.7. The van der Waals surface area contributed by atoms with Gasteiger partial charge in [0, 0.05) is 18.5 Å². The van der Waals surface area contributed by atoms with E-state index in [1.165, 1.54) is 4.90 Å². The van der Waals surface area contributed by atoms with Crippen LogP contribution < -0.4 is 0 Å². The molecule has 30 heavy (non-hydrogen) atoms. The first-order chi connectivity index (χ1) is 14.7. The SMILES string of the molecule is O=C1c2ccccc2C(=O)N1CCn1c2ccccc2c2nc3ccccc3nc21. The fourth-order valence-electron chi connectivity index (χ4n) is 4.25. The molecule has 2 amide bonds. The molecular weight excluding hydrogens is 376 g/mol. The van der Waals surface area contributed by atoms with Crippen LogP contribution in [0.4, 0.5) is 0 Å².